The normalized spacial score (nSPS) is 10.2. The Bertz CT molecular complexity index is 187. The highest BCUT2D eigenvalue weighted by atomic mass is 16.1. The number of nitrogens with zero attached hydrogens (tertiary/aromatic N) is 2. The molecule has 0 saturated carbocycles. The molecule has 0 amide bonds. The molecule has 0 unspecified atom stereocenters. The van der Waals surface area contributed by atoms with Gasteiger partial charge >= 0.3 is 0 Å². The number of unbranched alkanes of at least 4 members (excludes halogenated alkanes) is 2. The Morgan fingerprint density at radius 2 is 1.69 bits per heavy atom. The van der Waals surface area contributed by atoms with Crippen molar-refractivity contribution in [1.29, 1.82) is 0 Å². The van der Waals surface area contributed by atoms with Gasteiger partial charge in [-0.25, -0.2) is 9.59 Å². The van der Waals surface area contributed by atoms with Gasteiger partial charge in [0.1, 0.15) is 0 Å². The molecule has 0 bridgehead atoms. The van der Waals surface area contributed by atoms with E-state index in [2.05, 4.69) is 16.9 Å². The zero-order chi connectivity index (χ0) is 9.23. The Morgan fingerprint density at radius 1 is 1.15 bits per heavy atom. The molecule has 0 aromatic rings. The van der Waals surface area contributed by atoms with Crippen LogP contribution in [0.4, 0.5) is 0 Å². The minimum absolute atomic E-state index is 0. The van der Waals surface area contributed by atoms with Gasteiger partial charge in [-0.2, -0.15) is 9.98 Å². The second-order valence-corrected chi connectivity index (χ2v) is 2.42. The minimum Gasteiger partial charge on any atom is -0.344 e. The number of isocyanates is 2. The highest BCUT2D eigenvalue weighted by molar-refractivity contribution is 5.36. The summed E-state index contributed by atoms with van der Waals surface area (Å²) in [7, 11) is 0. The summed E-state index contributed by atoms with van der Waals surface area (Å²) in [6.45, 7) is 2.07. The Labute approximate surface area is 77.5 Å². The van der Waals surface area contributed by atoms with Gasteiger partial charge in [0, 0.05) is 0 Å². The number of hydrogen-bond acceptors (Lipinski definition) is 5. The molecule has 0 saturated heterocycles. The highest BCUT2D eigenvalue weighted by Gasteiger charge is 2.02. The maximum atomic E-state index is 9.84. The van der Waals surface area contributed by atoms with Crippen LogP contribution in [-0.4, -0.2) is 18.3 Å². The van der Waals surface area contributed by atoms with Crippen molar-refractivity contribution in [2.75, 3.05) is 0 Å². The summed E-state index contributed by atoms with van der Waals surface area (Å²) in [5.74, 6) is 0. The maximum Gasteiger partial charge on any atom is 0.237 e. The van der Waals surface area contributed by atoms with Gasteiger partial charge in [0.15, 0.2) is 6.17 Å². The lowest BCUT2D eigenvalue weighted by molar-refractivity contribution is 0.531. The third-order valence-corrected chi connectivity index (χ3v) is 1.47. The molecule has 0 aliphatic heterocycles. The van der Waals surface area contributed by atoms with Crippen molar-refractivity contribution in [3.05, 3.63) is 0 Å². The molecule has 0 spiro atoms. The molecule has 13 heavy (non-hydrogen) atoms. The number of rotatable bonds is 6. The van der Waals surface area contributed by atoms with Crippen LogP contribution in [-0.2, 0) is 9.59 Å². The van der Waals surface area contributed by atoms with E-state index in [4.69, 9.17) is 0 Å². The second-order valence-electron chi connectivity index (χ2n) is 2.42. The lowest BCUT2D eigenvalue weighted by Crippen LogP contribution is -1.99. The van der Waals surface area contributed by atoms with Gasteiger partial charge in [-0.15, -0.1) is 0 Å². The molecule has 3 N–H and O–H groups in total. The van der Waals surface area contributed by atoms with E-state index in [-0.39, 0.29) is 6.15 Å². The largest absolute Gasteiger partial charge is 0.344 e. The molecule has 0 fully saturated rings. The van der Waals surface area contributed by atoms with Crippen LogP contribution in [0, 0.1) is 0 Å². The summed E-state index contributed by atoms with van der Waals surface area (Å²) >= 11 is 0. The van der Waals surface area contributed by atoms with E-state index < -0.39 is 6.17 Å². The van der Waals surface area contributed by atoms with E-state index in [1.807, 2.05) is 0 Å². The predicted molar refractivity (Wildman–Crippen MR) is 49.2 cm³/mol. The summed E-state index contributed by atoms with van der Waals surface area (Å²) in [5.41, 5.74) is 0. The molecular weight excluding hydrogens is 170 g/mol. The van der Waals surface area contributed by atoms with Gasteiger partial charge in [0.05, 0.1) is 0 Å². The SMILES string of the molecule is CCCCCC(N=C=O)N=C=O.N. The highest BCUT2D eigenvalue weighted by Crippen LogP contribution is 2.06. The molecule has 5 heteroatoms. The Hall–Kier alpha value is -1.28. The minimum atomic E-state index is -0.563. The van der Waals surface area contributed by atoms with Gasteiger partial charge < -0.3 is 6.15 Å². The van der Waals surface area contributed by atoms with Crippen LogP contribution >= 0.6 is 0 Å². The molecular formula is C8H15N3O2. The van der Waals surface area contributed by atoms with E-state index in [1.165, 1.54) is 12.2 Å². The van der Waals surface area contributed by atoms with Crippen molar-refractivity contribution in [1.82, 2.24) is 6.15 Å². The van der Waals surface area contributed by atoms with Gasteiger partial charge in [0.2, 0.25) is 12.2 Å². The molecule has 0 aromatic heterocycles. The molecule has 0 atom stereocenters. The fourth-order valence-electron chi connectivity index (χ4n) is 0.857. The average molecular weight is 185 g/mol. The summed E-state index contributed by atoms with van der Waals surface area (Å²) in [6.07, 6.45) is 5.88. The molecule has 0 aromatic carbocycles. The Balaban J connectivity index is 0. The van der Waals surface area contributed by atoms with Crippen LogP contribution in [0.15, 0.2) is 9.98 Å². The van der Waals surface area contributed by atoms with Crippen LogP contribution < -0.4 is 6.15 Å². The van der Waals surface area contributed by atoms with Crippen molar-refractivity contribution >= 4 is 12.2 Å². The lowest BCUT2D eigenvalue weighted by Gasteiger charge is -2.00. The van der Waals surface area contributed by atoms with Crippen LogP contribution in [0.5, 0.6) is 0 Å². The molecule has 0 heterocycles. The van der Waals surface area contributed by atoms with Crippen molar-refractivity contribution < 1.29 is 9.59 Å². The first-order chi connectivity index (χ1) is 5.85. The standard InChI is InChI=1S/C8H12N2O2.H3N/c1-2-3-4-5-8(9-6-11)10-7-12;/h8H,2-5H2,1H3;1H3. The van der Waals surface area contributed by atoms with Crippen LogP contribution in [0.3, 0.4) is 0 Å². The Morgan fingerprint density at radius 3 is 2.08 bits per heavy atom. The molecule has 0 aliphatic rings. The lowest BCUT2D eigenvalue weighted by atomic mass is 10.2. The topological polar surface area (TPSA) is 93.9 Å². The first-order valence-electron chi connectivity index (χ1n) is 3.99. The molecule has 5 nitrogen and oxygen atoms in total. The summed E-state index contributed by atoms with van der Waals surface area (Å²) in [4.78, 5) is 26.4. The van der Waals surface area contributed by atoms with Gasteiger partial charge in [-0.3, -0.25) is 0 Å². The maximum absolute atomic E-state index is 9.84. The van der Waals surface area contributed by atoms with Crippen LogP contribution in [0.2, 0.25) is 0 Å². The van der Waals surface area contributed by atoms with Gasteiger partial charge in [-0.05, 0) is 12.8 Å². The van der Waals surface area contributed by atoms with Crippen LogP contribution in [0.1, 0.15) is 32.6 Å². The number of aliphatic imine (C=N–C) groups is 2. The fourth-order valence-corrected chi connectivity index (χ4v) is 0.857. The van der Waals surface area contributed by atoms with Crippen molar-refractivity contribution in [2.24, 2.45) is 9.98 Å². The molecule has 0 radical (unpaired) electrons. The van der Waals surface area contributed by atoms with E-state index in [1.54, 1.807) is 0 Å². The fraction of sp³-hybridized carbons (Fsp3) is 0.750. The summed E-state index contributed by atoms with van der Waals surface area (Å²) < 4.78 is 0. The Kier molecular flexibility index (Phi) is 11.8. The van der Waals surface area contributed by atoms with Crippen molar-refractivity contribution in [3.63, 3.8) is 0 Å². The van der Waals surface area contributed by atoms with Gasteiger partial charge in [0.25, 0.3) is 0 Å². The first-order valence-corrected chi connectivity index (χ1v) is 3.99. The number of hydrogen-bond donors (Lipinski definition) is 1. The molecule has 74 valence electrons. The summed E-state index contributed by atoms with van der Waals surface area (Å²) in [6, 6.07) is 0. The molecule has 0 rings (SSSR count). The zero-order valence-corrected chi connectivity index (χ0v) is 7.82. The first kappa shape index (κ1) is 14.3. The summed E-state index contributed by atoms with van der Waals surface area (Å²) in [5, 5.41) is 0. The van der Waals surface area contributed by atoms with Crippen LogP contribution in [0.25, 0.3) is 0 Å². The third-order valence-electron chi connectivity index (χ3n) is 1.47. The smallest absolute Gasteiger partial charge is 0.237 e. The van der Waals surface area contributed by atoms with Crippen molar-refractivity contribution in [3.8, 4) is 0 Å². The third kappa shape index (κ3) is 8.63. The monoisotopic (exact) mass is 185 g/mol. The molecule has 0 aliphatic carbocycles. The van der Waals surface area contributed by atoms with E-state index in [9.17, 15) is 9.59 Å². The predicted octanol–water partition coefficient (Wildman–Crippen LogP) is 1.73. The number of carbonyl (C=O) groups excluding carboxylic acids is 2. The average Bonchev–Trinajstić information content (AvgIpc) is 2.06. The van der Waals surface area contributed by atoms with Crippen molar-refractivity contribution in [2.45, 2.75) is 38.8 Å². The van der Waals surface area contributed by atoms with E-state index in [0.29, 0.717) is 6.42 Å². The zero-order valence-electron chi connectivity index (χ0n) is 7.82. The van der Waals surface area contributed by atoms with E-state index in [0.717, 1.165) is 19.3 Å². The van der Waals surface area contributed by atoms with E-state index >= 15 is 0 Å². The van der Waals surface area contributed by atoms with Gasteiger partial charge in [-0.1, -0.05) is 19.8 Å². The second kappa shape index (κ2) is 10.7. The quantitative estimate of drug-likeness (QED) is 0.388.